The van der Waals surface area contributed by atoms with E-state index >= 15 is 0 Å². The van der Waals surface area contributed by atoms with E-state index in [1.807, 2.05) is 12.1 Å². The fraction of sp³-hybridized carbons (Fsp3) is 0.632. The third-order valence-electron chi connectivity index (χ3n) is 4.93. The average Bonchev–Trinajstić information content (AvgIpc) is 2.64. The minimum atomic E-state index is 0. The molecule has 1 heterocycles. The number of halogens is 1. The molecule has 0 bridgehead atoms. The number of carbonyl (C=O) groups excluding carboxylic acids is 1. The molecule has 0 unspecified atom stereocenters. The Balaban J connectivity index is 0.00000338. The van der Waals surface area contributed by atoms with Crippen LogP contribution in [0, 0.1) is 5.41 Å². The lowest BCUT2D eigenvalue weighted by atomic mass is 9.81. The van der Waals surface area contributed by atoms with Crippen LogP contribution in [0.4, 0.5) is 0 Å². The number of hydrogen-bond donors (Lipinski definition) is 2. The summed E-state index contributed by atoms with van der Waals surface area (Å²) >= 11 is 0. The van der Waals surface area contributed by atoms with Gasteiger partial charge in [0, 0.05) is 13.0 Å². The van der Waals surface area contributed by atoms with E-state index in [4.69, 9.17) is 14.2 Å². The van der Waals surface area contributed by atoms with Crippen LogP contribution in [-0.2, 0) is 11.2 Å². The standard InChI is InChI=1S/C19H30N2O4.ClH/c1-19(9-11-20-12-10-19)13-21-16(22)8-6-14-5-7-15(23-2)18(25-4)17(14)24-3;/h5,7,20H,6,8-13H2,1-4H3,(H,21,22);1H. The summed E-state index contributed by atoms with van der Waals surface area (Å²) in [4.78, 5) is 12.3. The van der Waals surface area contributed by atoms with Crippen LogP contribution >= 0.6 is 12.4 Å². The molecule has 2 N–H and O–H groups in total. The molecule has 148 valence electrons. The van der Waals surface area contributed by atoms with Crippen molar-refractivity contribution < 1.29 is 19.0 Å². The molecule has 1 aromatic rings. The number of methoxy groups -OCH3 is 3. The molecule has 1 fully saturated rings. The van der Waals surface area contributed by atoms with E-state index in [0.29, 0.717) is 30.1 Å². The van der Waals surface area contributed by atoms with E-state index in [-0.39, 0.29) is 23.7 Å². The first kappa shape index (κ1) is 22.4. The lowest BCUT2D eigenvalue weighted by Gasteiger charge is -2.34. The fourth-order valence-corrected chi connectivity index (χ4v) is 3.22. The zero-order valence-corrected chi connectivity index (χ0v) is 17.0. The third-order valence-corrected chi connectivity index (χ3v) is 4.93. The minimum Gasteiger partial charge on any atom is -0.493 e. The first-order valence-corrected chi connectivity index (χ1v) is 8.78. The Hall–Kier alpha value is -1.66. The first-order chi connectivity index (χ1) is 12.0. The van der Waals surface area contributed by atoms with Crippen molar-refractivity contribution in [2.45, 2.75) is 32.6 Å². The van der Waals surface area contributed by atoms with Gasteiger partial charge in [-0.05, 0) is 49.4 Å². The lowest BCUT2D eigenvalue weighted by Crippen LogP contribution is -2.42. The molecule has 6 nitrogen and oxygen atoms in total. The van der Waals surface area contributed by atoms with Gasteiger partial charge in [0.15, 0.2) is 11.5 Å². The predicted molar refractivity (Wildman–Crippen MR) is 105 cm³/mol. The summed E-state index contributed by atoms with van der Waals surface area (Å²) in [6, 6.07) is 3.76. The van der Waals surface area contributed by atoms with Crippen LogP contribution in [0.25, 0.3) is 0 Å². The summed E-state index contributed by atoms with van der Waals surface area (Å²) in [5.74, 6) is 1.87. The molecular formula is C19H31ClN2O4. The molecule has 2 rings (SSSR count). The smallest absolute Gasteiger partial charge is 0.220 e. The van der Waals surface area contributed by atoms with Gasteiger partial charge in [-0.15, -0.1) is 12.4 Å². The third kappa shape index (κ3) is 5.68. The maximum absolute atomic E-state index is 12.3. The molecule has 0 atom stereocenters. The fourth-order valence-electron chi connectivity index (χ4n) is 3.22. The van der Waals surface area contributed by atoms with Gasteiger partial charge in [0.2, 0.25) is 11.7 Å². The molecule has 0 radical (unpaired) electrons. The Labute approximate surface area is 162 Å². The van der Waals surface area contributed by atoms with Crippen molar-refractivity contribution in [3.8, 4) is 17.2 Å². The lowest BCUT2D eigenvalue weighted by molar-refractivity contribution is -0.121. The molecule has 0 aromatic heterocycles. The summed E-state index contributed by atoms with van der Waals surface area (Å²) in [5.41, 5.74) is 1.13. The molecule has 1 aliphatic rings. The van der Waals surface area contributed by atoms with Gasteiger partial charge in [-0.2, -0.15) is 0 Å². The normalized spacial score (nSPS) is 15.5. The van der Waals surface area contributed by atoms with E-state index in [1.165, 1.54) is 0 Å². The van der Waals surface area contributed by atoms with Gasteiger partial charge >= 0.3 is 0 Å². The second-order valence-corrected chi connectivity index (χ2v) is 6.83. The second-order valence-electron chi connectivity index (χ2n) is 6.83. The highest BCUT2D eigenvalue weighted by atomic mass is 35.5. The Kier molecular flexibility index (Phi) is 9.02. The molecular weight excluding hydrogens is 356 g/mol. The number of amides is 1. The first-order valence-electron chi connectivity index (χ1n) is 8.78. The Morgan fingerprint density at radius 3 is 2.35 bits per heavy atom. The van der Waals surface area contributed by atoms with Gasteiger partial charge < -0.3 is 24.8 Å². The van der Waals surface area contributed by atoms with Crippen LogP contribution in [0.3, 0.4) is 0 Å². The monoisotopic (exact) mass is 386 g/mol. The van der Waals surface area contributed by atoms with Gasteiger partial charge in [-0.1, -0.05) is 13.0 Å². The van der Waals surface area contributed by atoms with Crippen molar-refractivity contribution in [1.29, 1.82) is 0 Å². The number of nitrogens with one attached hydrogen (secondary N) is 2. The number of ether oxygens (including phenoxy) is 3. The van der Waals surface area contributed by atoms with Crippen LogP contribution in [0.1, 0.15) is 31.7 Å². The van der Waals surface area contributed by atoms with Crippen LogP contribution in [0.2, 0.25) is 0 Å². The minimum absolute atomic E-state index is 0. The van der Waals surface area contributed by atoms with Crippen molar-refractivity contribution in [1.82, 2.24) is 10.6 Å². The van der Waals surface area contributed by atoms with E-state index < -0.39 is 0 Å². The van der Waals surface area contributed by atoms with Gasteiger partial charge in [0.25, 0.3) is 0 Å². The van der Waals surface area contributed by atoms with E-state index in [0.717, 1.165) is 38.0 Å². The second kappa shape index (κ2) is 10.5. The van der Waals surface area contributed by atoms with Crippen LogP contribution in [0.15, 0.2) is 12.1 Å². The number of rotatable bonds is 8. The molecule has 0 aliphatic carbocycles. The van der Waals surface area contributed by atoms with Gasteiger partial charge in [-0.25, -0.2) is 0 Å². The molecule has 1 saturated heterocycles. The maximum Gasteiger partial charge on any atom is 0.220 e. The van der Waals surface area contributed by atoms with Crippen LogP contribution in [-0.4, -0.2) is 46.9 Å². The summed E-state index contributed by atoms with van der Waals surface area (Å²) in [6.07, 6.45) is 3.20. The van der Waals surface area contributed by atoms with Crippen molar-refractivity contribution >= 4 is 18.3 Å². The van der Waals surface area contributed by atoms with Gasteiger partial charge in [0.1, 0.15) is 0 Å². The SMILES string of the molecule is COc1ccc(CCC(=O)NCC2(C)CCNCC2)c(OC)c1OC.Cl. The number of carbonyl (C=O) groups is 1. The zero-order chi connectivity index (χ0) is 18.3. The van der Waals surface area contributed by atoms with E-state index in [2.05, 4.69) is 17.6 Å². The van der Waals surface area contributed by atoms with E-state index in [9.17, 15) is 4.79 Å². The quantitative estimate of drug-likeness (QED) is 0.718. The number of hydrogen-bond acceptors (Lipinski definition) is 5. The zero-order valence-electron chi connectivity index (χ0n) is 16.1. The Morgan fingerprint density at radius 2 is 1.77 bits per heavy atom. The van der Waals surface area contributed by atoms with Crippen molar-refractivity contribution in [3.63, 3.8) is 0 Å². The highest BCUT2D eigenvalue weighted by Gasteiger charge is 2.27. The molecule has 0 saturated carbocycles. The largest absolute Gasteiger partial charge is 0.493 e. The van der Waals surface area contributed by atoms with Gasteiger partial charge in [-0.3, -0.25) is 4.79 Å². The molecule has 1 aliphatic heterocycles. The molecule has 26 heavy (non-hydrogen) atoms. The molecule has 0 spiro atoms. The van der Waals surface area contributed by atoms with Crippen LogP contribution in [0.5, 0.6) is 17.2 Å². The summed E-state index contributed by atoms with van der Waals surface area (Å²) in [7, 11) is 4.77. The predicted octanol–water partition coefficient (Wildman–Crippen LogP) is 2.57. The topological polar surface area (TPSA) is 68.8 Å². The number of piperidine rings is 1. The number of aryl methyl sites for hydroxylation is 1. The van der Waals surface area contributed by atoms with E-state index in [1.54, 1.807) is 21.3 Å². The average molecular weight is 387 g/mol. The molecule has 1 aromatic carbocycles. The van der Waals surface area contributed by atoms with Crippen molar-refractivity contribution in [3.05, 3.63) is 17.7 Å². The Bertz CT molecular complexity index is 589. The highest BCUT2D eigenvalue weighted by molar-refractivity contribution is 5.85. The summed E-state index contributed by atoms with van der Waals surface area (Å²) < 4.78 is 16.1. The molecule has 1 amide bonds. The Morgan fingerprint density at radius 1 is 1.12 bits per heavy atom. The van der Waals surface area contributed by atoms with Crippen molar-refractivity contribution in [2.75, 3.05) is 41.0 Å². The molecule has 7 heteroatoms. The van der Waals surface area contributed by atoms with Crippen LogP contribution < -0.4 is 24.8 Å². The summed E-state index contributed by atoms with van der Waals surface area (Å²) in [6.45, 7) is 5.02. The maximum atomic E-state index is 12.3. The highest BCUT2D eigenvalue weighted by Crippen LogP contribution is 2.40. The number of benzene rings is 1. The van der Waals surface area contributed by atoms with Gasteiger partial charge in [0.05, 0.1) is 21.3 Å². The van der Waals surface area contributed by atoms with Crippen molar-refractivity contribution in [2.24, 2.45) is 5.41 Å². The summed E-state index contributed by atoms with van der Waals surface area (Å²) in [5, 5.41) is 6.45.